The maximum atomic E-state index is 12.8. The molecule has 0 aliphatic carbocycles. The Labute approximate surface area is 254 Å². The third-order valence-corrected chi connectivity index (χ3v) is 7.54. The number of carbonyl (C=O) groups is 2. The molecule has 0 radical (unpaired) electrons. The van der Waals surface area contributed by atoms with Crippen molar-refractivity contribution < 1.29 is 19.4 Å². The molecule has 43 heavy (non-hydrogen) atoms. The number of carboxylic acid groups (broad SMARTS) is 1. The highest BCUT2D eigenvalue weighted by Gasteiger charge is 2.22. The van der Waals surface area contributed by atoms with Gasteiger partial charge >= 0.3 is 5.97 Å². The van der Waals surface area contributed by atoms with Crippen LogP contribution in [0.2, 0.25) is 0 Å². The zero-order valence-electron chi connectivity index (χ0n) is 25.7. The minimum Gasteiger partial charge on any atom is -0.494 e. The van der Waals surface area contributed by atoms with E-state index in [0.717, 1.165) is 46.8 Å². The first-order valence-electron chi connectivity index (χ1n) is 15.1. The van der Waals surface area contributed by atoms with Gasteiger partial charge in [0, 0.05) is 29.4 Å². The van der Waals surface area contributed by atoms with Gasteiger partial charge in [-0.05, 0) is 59.4 Å². The summed E-state index contributed by atoms with van der Waals surface area (Å²) in [6.07, 6.45) is 9.97. The molecule has 0 saturated carbocycles. The third-order valence-electron chi connectivity index (χ3n) is 7.54. The number of aromatic nitrogens is 2. The van der Waals surface area contributed by atoms with Crippen molar-refractivity contribution in [2.75, 3.05) is 6.61 Å². The largest absolute Gasteiger partial charge is 0.494 e. The zero-order valence-corrected chi connectivity index (χ0v) is 25.7. The van der Waals surface area contributed by atoms with E-state index in [0.29, 0.717) is 5.56 Å². The Bertz CT molecular complexity index is 1470. The van der Waals surface area contributed by atoms with Crippen molar-refractivity contribution in [2.45, 2.75) is 77.7 Å². The van der Waals surface area contributed by atoms with Crippen molar-refractivity contribution in [3.63, 3.8) is 0 Å². The fourth-order valence-corrected chi connectivity index (χ4v) is 4.83. The summed E-state index contributed by atoms with van der Waals surface area (Å²) in [6.45, 7) is 9.26. The third kappa shape index (κ3) is 9.05. The Morgan fingerprint density at radius 3 is 2.21 bits per heavy atom. The van der Waals surface area contributed by atoms with Gasteiger partial charge in [-0.25, -0.2) is 9.78 Å². The topological polar surface area (TPSA) is 93.5 Å². The second-order valence-corrected chi connectivity index (χ2v) is 12.0. The zero-order chi connectivity index (χ0) is 30.8. The number of nitrogens with zero attached hydrogens (tertiary/aromatic N) is 2. The van der Waals surface area contributed by atoms with E-state index >= 15 is 0 Å². The highest BCUT2D eigenvalue weighted by molar-refractivity contribution is 5.96. The van der Waals surface area contributed by atoms with Gasteiger partial charge in [0.2, 0.25) is 0 Å². The van der Waals surface area contributed by atoms with Gasteiger partial charge in [-0.3, -0.25) is 4.79 Å². The molecule has 0 aliphatic rings. The maximum Gasteiger partial charge on any atom is 0.326 e. The number of rotatable bonds is 14. The van der Waals surface area contributed by atoms with Crippen LogP contribution in [-0.2, 0) is 16.6 Å². The van der Waals surface area contributed by atoms with Crippen LogP contribution in [0.5, 0.6) is 5.75 Å². The summed E-state index contributed by atoms with van der Waals surface area (Å²) < 4.78 is 7.84. The number of hydrogen-bond acceptors (Lipinski definition) is 4. The Morgan fingerprint density at radius 1 is 0.907 bits per heavy atom. The number of carbonyl (C=O) groups excluding carboxylic acids is 1. The Hall–Kier alpha value is -4.39. The van der Waals surface area contributed by atoms with E-state index in [2.05, 4.69) is 38.0 Å². The molecule has 0 fully saturated rings. The molecule has 0 aliphatic heterocycles. The summed E-state index contributed by atoms with van der Waals surface area (Å²) in [5.41, 5.74) is 5.02. The lowest BCUT2D eigenvalue weighted by molar-refractivity contribution is -0.139. The lowest BCUT2D eigenvalue weighted by Crippen LogP contribution is -2.42. The highest BCUT2D eigenvalue weighted by atomic mass is 16.5. The molecule has 7 heteroatoms. The molecule has 0 spiro atoms. The first-order valence-corrected chi connectivity index (χ1v) is 15.1. The van der Waals surface area contributed by atoms with Crippen LogP contribution >= 0.6 is 0 Å². The summed E-state index contributed by atoms with van der Waals surface area (Å²) in [6, 6.07) is 21.8. The van der Waals surface area contributed by atoms with Crippen LogP contribution in [0.1, 0.15) is 81.3 Å². The first kappa shape index (κ1) is 31.5. The SMILES string of the molecule is CCCCCCCOc1ccc(-n2cnc(-c3ccc(CC(NC(=O)c4ccc(C(C)(C)C)cc4)C(=O)O)cc3)c2)cc1. The van der Waals surface area contributed by atoms with Crippen molar-refractivity contribution in [3.05, 3.63) is 102 Å². The fourth-order valence-electron chi connectivity index (χ4n) is 4.83. The molecule has 1 atom stereocenters. The summed E-state index contributed by atoms with van der Waals surface area (Å²) in [7, 11) is 0. The molecule has 1 unspecified atom stereocenters. The van der Waals surface area contributed by atoms with Gasteiger partial charge in [0.25, 0.3) is 5.91 Å². The predicted molar refractivity (Wildman–Crippen MR) is 171 cm³/mol. The molecule has 0 saturated heterocycles. The van der Waals surface area contributed by atoms with Crippen molar-refractivity contribution in [1.29, 1.82) is 0 Å². The average molecular weight is 582 g/mol. The summed E-state index contributed by atoms with van der Waals surface area (Å²) in [5.74, 6) is -0.618. The number of amides is 1. The Morgan fingerprint density at radius 2 is 1.58 bits per heavy atom. The van der Waals surface area contributed by atoms with E-state index in [1.807, 2.05) is 71.4 Å². The van der Waals surface area contributed by atoms with E-state index in [4.69, 9.17) is 4.74 Å². The molecule has 4 rings (SSSR count). The van der Waals surface area contributed by atoms with Gasteiger partial charge < -0.3 is 19.7 Å². The molecule has 1 heterocycles. The number of ether oxygens (including phenoxy) is 1. The maximum absolute atomic E-state index is 12.8. The van der Waals surface area contributed by atoms with Crippen molar-refractivity contribution >= 4 is 11.9 Å². The van der Waals surface area contributed by atoms with Gasteiger partial charge in [0.1, 0.15) is 11.8 Å². The monoisotopic (exact) mass is 581 g/mol. The van der Waals surface area contributed by atoms with E-state index in [1.165, 1.54) is 25.7 Å². The molecule has 7 nitrogen and oxygen atoms in total. The summed E-state index contributed by atoms with van der Waals surface area (Å²) in [5, 5.41) is 12.5. The standard InChI is InChI=1S/C36H43N3O4/c1-5-6-7-8-9-22-43-31-20-18-30(19-21-31)39-24-33(37-25-39)27-12-10-26(11-13-27)23-32(35(41)42)38-34(40)28-14-16-29(17-15-28)36(2,3)4/h10-21,24-25,32H,5-9,22-23H2,1-4H3,(H,38,40)(H,41,42). The van der Waals surface area contributed by atoms with Crippen molar-refractivity contribution in [2.24, 2.45) is 0 Å². The number of benzene rings is 3. The Balaban J connectivity index is 1.33. The van der Waals surface area contributed by atoms with E-state index in [1.54, 1.807) is 18.5 Å². The van der Waals surface area contributed by atoms with E-state index in [-0.39, 0.29) is 11.8 Å². The number of unbranched alkanes of at least 4 members (excludes halogenated alkanes) is 4. The number of carboxylic acids is 1. The molecule has 1 aromatic heterocycles. The normalized spacial score (nSPS) is 12.1. The lowest BCUT2D eigenvalue weighted by Gasteiger charge is -2.19. The molecule has 4 aromatic rings. The van der Waals surface area contributed by atoms with E-state index < -0.39 is 17.9 Å². The number of aliphatic carboxylic acids is 1. The van der Waals surface area contributed by atoms with Crippen LogP contribution in [0.3, 0.4) is 0 Å². The summed E-state index contributed by atoms with van der Waals surface area (Å²) >= 11 is 0. The molecule has 2 N–H and O–H groups in total. The van der Waals surface area contributed by atoms with Crippen LogP contribution < -0.4 is 10.1 Å². The number of hydrogen-bond donors (Lipinski definition) is 2. The van der Waals surface area contributed by atoms with Gasteiger partial charge in [0.15, 0.2) is 0 Å². The first-order chi connectivity index (χ1) is 20.6. The number of imidazole rings is 1. The lowest BCUT2D eigenvalue weighted by atomic mass is 9.86. The fraction of sp³-hybridized carbons (Fsp3) is 0.361. The Kier molecular flexibility index (Phi) is 10.8. The second-order valence-electron chi connectivity index (χ2n) is 12.0. The average Bonchev–Trinajstić information content (AvgIpc) is 3.49. The molecule has 0 bridgehead atoms. The molecular formula is C36H43N3O4. The van der Waals surface area contributed by atoms with Gasteiger partial charge in [-0.2, -0.15) is 0 Å². The van der Waals surface area contributed by atoms with Crippen LogP contribution in [-0.4, -0.2) is 39.2 Å². The molecule has 1 amide bonds. The second kappa shape index (κ2) is 14.7. The van der Waals surface area contributed by atoms with Crippen LogP contribution in [0, 0.1) is 0 Å². The minimum atomic E-state index is -1.08. The predicted octanol–water partition coefficient (Wildman–Crippen LogP) is 7.61. The summed E-state index contributed by atoms with van der Waals surface area (Å²) in [4.78, 5) is 29.3. The molecule has 226 valence electrons. The number of nitrogens with one attached hydrogen (secondary N) is 1. The van der Waals surface area contributed by atoms with Crippen LogP contribution in [0.15, 0.2) is 85.3 Å². The van der Waals surface area contributed by atoms with Crippen LogP contribution in [0.4, 0.5) is 0 Å². The van der Waals surface area contributed by atoms with Crippen molar-refractivity contribution in [3.8, 4) is 22.7 Å². The molecular weight excluding hydrogens is 538 g/mol. The van der Waals surface area contributed by atoms with E-state index in [9.17, 15) is 14.7 Å². The smallest absolute Gasteiger partial charge is 0.326 e. The minimum absolute atomic E-state index is 0.0311. The highest BCUT2D eigenvalue weighted by Crippen LogP contribution is 2.23. The van der Waals surface area contributed by atoms with Crippen LogP contribution in [0.25, 0.3) is 16.9 Å². The van der Waals surface area contributed by atoms with Gasteiger partial charge in [-0.15, -0.1) is 0 Å². The molecule has 3 aromatic carbocycles. The van der Waals surface area contributed by atoms with Crippen molar-refractivity contribution in [1.82, 2.24) is 14.9 Å². The van der Waals surface area contributed by atoms with Gasteiger partial charge in [-0.1, -0.05) is 89.8 Å². The quantitative estimate of drug-likeness (QED) is 0.150. The van der Waals surface area contributed by atoms with Gasteiger partial charge in [0.05, 0.1) is 18.6 Å².